The Morgan fingerprint density at radius 2 is 1.94 bits per heavy atom. The van der Waals surface area contributed by atoms with Gasteiger partial charge in [-0.2, -0.15) is 10.1 Å². The van der Waals surface area contributed by atoms with E-state index in [-0.39, 0.29) is 23.7 Å². The first-order valence-corrected chi connectivity index (χ1v) is 10.2. The van der Waals surface area contributed by atoms with Gasteiger partial charge in [0.25, 0.3) is 0 Å². The molecule has 8 nitrogen and oxygen atoms in total. The fourth-order valence-corrected chi connectivity index (χ4v) is 3.84. The van der Waals surface area contributed by atoms with E-state index in [1.807, 2.05) is 38.9 Å². The summed E-state index contributed by atoms with van der Waals surface area (Å²) in [5.74, 6) is 1.07. The highest BCUT2D eigenvalue weighted by Gasteiger charge is 2.35. The average Bonchev–Trinajstić information content (AvgIpc) is 3.16. The van der Waals surface area contributed by atoms with Crippen molar-refractivity contribution in [3.63, 3.8) is 0 Å². The average molecular weight is 423 g/mol. The van der Waals surface area contributed by atoms with Crippen molar-refractivity contribution in [3.05, 3.63) is 59.3 Å². The zero-order valence-corrected chi connectivity index (χ0v) is 18.1. The second-order valence-corrected chi connectivity index (χ2v) is 8.15. The molecule has 0 saturated heterocycles. The highest BCUT2D eigenvalue weighted by molar-refractivity contribution is 6.03. The standard InChI is InChI=1S/C22H26FN7O/c1-13(2)19-21(31)27-18-14(3)26-22(28-20(18)29(19)4)24-9-16-10-25-30(12-16)11-15-5-7-17(23)8-6-15/h5-8,10,12-13,19H,9,11H2,1-4H3,(H,27,31)(H,24,26,28). The van der Waals surface area contributed by atoms with Crippen LogP contribution in [0, 0.1) is 18.7 Å². The van der Waals surface area contributed by atoms with Crippen LogP contribution in [0.3, 0.4) is 0 Å². The molecule has 1 aromatic carbocycles. The number of hydrogen-bond acceptors (Lipinski definition) is 6. The van der Waals surface area contributed by atoms with Crippen LogP contribution in [0.15, 0.2) is 36.7 Å². The van der Waals surface area contributed by atoms with Gasteiger partial charge in [-0.3, -0.25) is 9.48 Å². The van der Waals surface area contributed by atoms with E-state index in [0.29, 0.717) is 36.2 Å². The van der Waals surface area contributed by atoms with Gasteiger partial charge in [0, 0.05) is 25.4 Å². The van der Waals surface area contributed by atoms with Gasteiger partial charge in [0.15, 0.2) is 5.82 Å². The molecule has 0 spiro atoms. The number of amides is 1. The molecule has 0 aliphatic carbocycles. The van der Waals surface area contributed by atoms with Crippen molar-refractivity contribution < 1.29 is 9.18 Å². The summed E-state index contributed by atoms with van der Waals surface area (Å²) in [5.41, 5.74) is 3.31. The van der Waals surface area contributed by atoms with Crippen molar-refractivity contribution >= 4 is 23.4 Å². The van der Waals surface area contributed by atoms with Crippen LogP contribution in [-0.2, 0) is 17.9 Å². The second kappa shape index (κ2) is 8.33. The largest absolute Gasteiger partial charge is 0.350 e. The highest BCUT2D eigenvalue weighted by Crippen LogP contribution is 2.34. The Hall–Kier alpha value is -3.49. The lowest BCUT2D eigenvalue weighted by Gasteiger charge is -2.36. The highest BCUT2D eigenvalue weighted by atomic mass is 19.1. The predicted molar refractivity (Wildman–Crippen MR) is 117 cm³/mol. The van der Waals surface area contributed by atoms with Crippen molar-refractivity contribution in [3.8, 4) is 0 Å². The molecule has 1 aliphatic heterocycles. The lowest BCUT2D eigenvalue weighted by Crippen LogP contribution is -2.49. The summed E-state index contributed by atoms with van der Waals surface area (Å²) in [5, 5.41) is 10.6. The maximum Gasteiger partial charge on any atom is 0.247 e. The molecule has 9 heteroatoms. The molecule has 1 atom stereocenters. The molecule has 0 radical (unpaired) electrons. The minimum Gasteiger partial charge on any atom is -0.350 e. The lowest BCUT2D eigenvalue weighted by atomic mass is 9.99. The molecule has 3 aromatic rings. The smallest absolute Gasteiger partial charge is 0.247 e. The summed E-state index contributed by atoms with van der Waals surface area (Å²) in [7, 11) is 1.89. The summed E-state index contributed by atoms with van der Waals surface area (Å²) >= 11 is 0. The molecule has 2 N–H and O–H groups in total. The van der Waals surface area contributed by atoms with Crippen molar-refractivity contribution in [1.82, 2.24) is 19.7 Å². The quantitative estimate of drug-likeness (QED) is 0.633. The minimum absolute atomic E-state index is 0.0361. The van der Waals surface area contributed by atoms with Gasteiger partial charge in [-0.15, -0.1) is 0 Å². The number of hydrogen-bond donors (Lipinski definition) is 2. The van der Waals surface area contributed by atoms with Crippen molar-refractivity contribution in [1.29, 1.82) is 0 Å². The number of carbonyl (C=O) groups excluding carboxylic acids is 1. The summed E-state index contributed by atoms with van der Waals surface area (Å²) in [6, 6.07) is 6.11. The van der Waals surface area contributed by atoms with E-state index in [1.165, 1.54) is 12.1 Å². The van der Waals surface area contributed by atoms with Crippen LogP contribution < -0.4 is 15.5 Å². The fourth-order valence-electron chi connectivity index (χ4n) is 3.84. The first-order valence-electron chi connectivity index (χ1n) is 10.2. The summed E-state index contributed by atoms with van der Waals surface area (Å²) in [4.78, 5) is 23.5. The third-order valence-corrected chi connectivity index (χ3v) is 5.37. The Labute approximate surface area is 180 Å². The Kier molecular flexibility index (Phi) is 5.58. The van der Waals surface area contributed by atoms with Gasteiger partial charge in [0.1, 0.15) is 17.5 Å². The SMILES string of the molecule is Cc1nc(NCc2cnn(Cc3ccc(F)cc3)c2)nc2c1NC(=O)C(C(C)C)N2C. The molecule has 4 rings (SSSR count). The molecule has 1 amide bonds. The Morgan fingerprint density at radius 1 is 1.19 bits per heavy atom. The molecule has 31 heavy (non-hydrogen) atoms. The molecule has 1 aliphatic rings. The zero-order chi connectivity index (χ0) is 22.1. The van der Waals surface area contributed by atoms with E-state index in [4.69, 9.17) is 0 Å². The third-order valence-electron chi connectivity index (χ3n) is 5.37. The van der Waals surface area contributed by atoms with Crippen LogP contribution in [-0.4, -0.2) is 38.7 Å². The first-order chi connectivity index (χ1) is 14.8. The number of rotatable bonds is 6. The van der Waals surface area contributed by atoms with Crippen LogP contribution >= 0.6 is 0 Å². The number of aryl methyl sites for hydroxylation is 1. The lowest BCUT2D eigenvalue weighted by molar-refractivity contribution is -0.118. The topological polar surface area (TPSA) is 88.0 Å². The predicted octanol–water partition coefficient (Wildman–Crippen LogP) is 3.19. The zero-order valence-electron chi connectivity index (χ0n) is 18.1. The minimum atomic E-state index is -0.278. The third kappa shape index (κ3) is 4.35. The summed E-state index contributed by atoms with van der Waals surface area (Å²) in [6.07, 6.45) is 3.71. The maximum absolute atomic E-state index is 13.1. The number of nitrogens with zero attached hydrogens (tertiary/aromatic N) is 5. The Bertz CT molecular complexity index is 1090. The number of halogens is 1. The maximum atomic E-state index is 13.1. The molecule has 1 unspecified atom stereocenters. The van der Waals surface area contributed by atoms with E-state index in [1.54, 1.807) is 23.0 Å². The van der Waals surface area contributed by atoms with Crippen LogP contribution in [0.5, 0.6) is 0 Å². The number of fused-ring (bicyclic) bond motifs is 1. The monoisotopic (exact) mass is 423 g/mol. The van der Waals surface area contributed by atoms with Gasteiger partial charge in [0.2, 0.25) is 11.9 Å². The number of benzene rings is 1. The van der Waals surface area contributed by atoms with E-state index < -0.39 is 0 Å². The van der Waals surface area contributed by atoms with Gasteiger partial charge < -0.3 is 15.5 Å². The number of anilines is 3. The number of likely N-dealkylation sites (N-methyl/N-ethyl adjacent to an activating group) is 1. The van der Waals surface area contributed by atoms with Crippen molar-refractivity contribution in [2.45, 2.75) is 39.9 Å². The molecule has 2 aromatic heterocycles. The van der Waals surface area contributed by atoms with E-state index in [2.05, 4.69) is 25.7 Å². The summed E-state index contributed by atoms with van der Waals surface area (Å²) in [6.45, 7) is 6.96. The molecular weight excluding hydrogens is 397 g/mol. The number of aromatic nitrogens is 4. The van der Waals surface area contributed by atoms with E-state index in [0.717, 1.165) is 11.1 Å². The van der Waals surface area contributed by atoms with E-state index >= 15 is 0 Å². The van der Waals surface area contributed by atoms with Crippen LogP contribution in [0.2, 0.25) is 0 Å². The Balaban J connectivity index is 1.46. The van der Waals surface area contributed by atoms with E-state index in [9.17, 15) is 9.18 Å². The van der Waals surface area contributed by atoms with Gasteiger partial charge in [-0.05, 0) is 30.5 Å². The number of nitrogens with one attached hydrogen (secondary N) is 2. The molecule has 0 saturated carbocycles. The normalized spacial score (nSPS) is 15.7. The van der Waals surface area contributed by atoms with Crippen molar-refractivity contribution in [2.75, 3.05) is 22.6 Å². The first kappa shape index (κ1) is 20.8. The van der Waals surface area contributed by atoms with Gasteiger partial charge in [0.05, 0.1) is 18.4 Å². The van der Waals surface area contributed by atoms with Gasteiger partial charge in [-0.1, -0.05) is 26.0 Å². The molecule has 3 heterocycles. The number of carbonyl (C=O) groups is 1. The summed E-state index contributed by atoms with van der Waals surface area (Å²) < 4.78 is 14.9. The fraction of sp³-hybridized carbons (Fsp3) is 0.364. The van der Waals surface area contributed by atoms with Gasteiger partial charge >= 0.3 is 0 Å². The van der Waals surface area contributed by atoms with Crippen LogP contribution in [0.1, 0.15) is 30.7 Å². The molecular formula is C22H26FN7O. The molecule has 162 valence electrons. The Morgan fingerprint density at radius 3 is 2.65 bits per heavy atom. The van der Waals surface area contributed by atoms with Gasteiger partial charge in [-0.25, -0.2) is 9.37 Å². The van der Waals surface area contributed by atoms with Crippen LogP contribution in [0.25, 0.3) is 0 Å². The molecule has 0 fully saturated rings. The molecule has 0 bridgehead atoms. The van der Waals surface area contributed by atoms with Crippen molar-refractivity contribution in [2.24, 2.45) is 5.92 Å². The van der Waals surface area contributed by atoms with Crippen LogP contribution in [0.4, 0.5) is 21.8 Å². The second-order valence-electron chi connectivity index (χ2n) is 8.15.